The Labute approximate surface area is 199 Å². The number of likely N-dealkylation sites (tertiary alicyclic amines) is 1. The van der Waals surface area contributed by atoms with Gasteiger partial charge in [-0.2, -0.15) is 0 Å². The first kappa shape index (κ1) is 24.0. The fourth-order valence-electron chi connectivity index (χ4n) is 4.17. The van der Waals surface area contributed by atoms with Crippen LogP contribution in [0.1, 0.15) is 37.6 Å². The van der Waals surface area contributed by atoms with Crippen molar-refractivity contribution in [2.45, 2.75) is 38.9 Å². The molecule has 0 bridgehead atoms. The molecule has 2 aromatic rings. The summed E-state index contributed by atoms with van der Waals surface area (Å²) in [6.45, 7) is 9.34. The molecule has 0 spiro atoms. The molecule has 0 aliphatic carbocycles. The van der Waals surface area contributed by atoms with Gasteiger partial charge in [-0.25, -0.2) is 9.18 Å². The Balaban J connectivity index is 1.55. The maximum atomic E-state index is 13.6. The summed E-state index contributed by atoms with van der Waals surface area (Å²) in [5, 5.41) is 3.25. The van der Waals surface area contributed by atoms with Crippen molar-refractivity contribution >= 4 is 12.0 Å². The van der Waals surface area contributed by atoms with Gasteiger partial charge < -0.3 is 24.6 Å². The van der Waals surface area contributed by atoms with Gasteiger partial charge in [0.15, 0.2) is 0 Å². The van der Waals surface area contributed by atoms with E-state index in [2.05, 4.69) is 5.32 Å². The maximum absolute atomic E-state index is 13.6. The van der Waals surface area contributed by atoms with Gasteiger partial charge >= 0.3 is 6.09 Å². The van der Waals surface area contributed by atoms with E-state index in [9.17, 15) is 14.0 Å². The van der Waals surface area contributed by atoms with E-state index in [1.807, 2.05) is 31.7 Å². The van der Waals surface area contributed by atoms with E-state index in [1.165, 1.54) is 12.1 Å². The molecule has 0 saturated carbocycles. The summed E-state index contributed by atoms with van der Waals surface area (Å²) in [6, 6.07) is 11.5. The smallest absolute Gasteiger partial charge is 0.410 e. The van der Waals surface area contributed by atoms with Gasteiger partial charge in [0.25, 0.3) is 5.91 Å². The highest BCUT2D eigenvalue weighted by molar-refractivity contribution is 5.96. The van der Waals surface area contributed by atoms with Crippen molar-refractivity contribution < 1.29 is 23.5 Å². The Kier molecular flexibility index (Phi) is 7.07. The number of halogens is 1. The Morgan fingerprint density at radius 3 is 2.38 bits per heavy atom. The lowest BCUT2D eigenvalue weighted by atomic mass is 10.0. The van der Waals surface area contributed by atoms with Crippen LogP contribution >= 0.6 is 0 Å². The summed E-state index contributed by atoms with van der Waals surface area (Å²) in [6.07, 6.45) is 0.111. The van der Waals surface area contributed by atoms with Crippen LogP contribution in [-0.2, 0) is 4.74 Å². The average molecular weight is 470 g/mol. The molecule has 182 valence electrons. The Morgan fingerprint density at radius 2 is 1.71 bits per heavy atom. The van der Waals surface area contributed by atoms with Crippen molar-refractivity contribution in [1.29, 1.82) is 0 Å². The van der Waals surface area contributed by atoms with Crippen LogP contribution in [0.5, 0.6) is 5.75 Å². The van der Waals surface area contributed by atoms with Gasteiger partial charge in [-0.15, -0.1) is 0 Å². The number of rotatable bonds is 4. The lowest BCUT2D eigenvalue weighted by Gasteiger charge is -2.28. The van der Waals surface area contributed by atoms with Crippen molar-refractivity contribution in [2.24, 2.45) is 0 Å². The SMILES string of the molecule is CC(C)(C)OC(=O)N1CC[C@H](Oc2ccc(C(=O)N3CCNCC3)cc2-c2ccc(F)cc2)C1. The molecule has 2 heterocycles. The highest BCUT2D eigenvalue weighted by Gasteiger charge is 2.31. The lowest BCUT2D eigenvalue weighted by Crippen LogP contribution is -2.46. The molecule has 2 fully saturated rings. The first-order chi connectivity index (χ1) is 16.2. The minimum atomic E-state index is -0.557. The third kappa shape index (κ3) is 5.86. The standard InChI is InChI=1S/C26H32FN3O4/c1-26(2,3)34-25(32)30-13-10-21(17-30)33-23-9-6-19(24(31)29-14-11-28-12-15-29)16-22(23)18-4-7-20(27)8-5-18/h4-9,16,21,28H,10-15,17H2,1-3H3/t21-/m0/s1. The number of nitrogens with zero attached hydrogens (tertiary/aromatic N) is 2. The van der Waals surface area contributed by atoms with Gasteiger partial charge in [0.05, 0.1) is 6.54 Å². The van der Waals surface area contributed by atoms with Gasteiger partial charge in [0.1, 0.15) is 23.3 Å². The molecule has 2 aliphatic heterocycles. The van der Waals surface area contributed by atoms with Crippen LogP contribution in [0.4, 0.5) is 9.18 Å². The summed E-state index contributed by atoms with van der Waals surface area (Å²) in [4.78, 5) is 29.0. The maximum Gasteiger partial charge on any atom is 0.410 e. The van der Waals surface area contributed by atoms with Crippen LogP contribution in [0.15, 0.2) is 42.5 Å². The zero-order valence-corrected chi connectivity index (χ0v) is 20.0. The lowest BCUT2D eigenvalue weighted by molar-refractivity contribution is 0.0275. The van der Waals surface area contributed by atoms with E-state index in [4.69, 9.17) is 9.47 Å². The molecule has 1 atom stereocenters. The normalized spacial score (nSPS) is 18.6. The minimum absolute atomic E-state index is 0.0339. The zero-order chi connectivity index (χ0) is 24.3. The number of nitrogens with one attached hydrogen (secondary N) is 1. The van der Waals surface area contributed by atoms with E-state index in [1.54, 1.807) is 29.2 Å². The fraction of sp³-hybridized carbons (Fsp3) is 0.462. The van der Waals surface area contributed by atoms with E-state index in [0.29, 0.717) is 43.9 Å². The molecule has 0 radical (unpaired) electrons. The number of ether oxygens (including phenoxy) is 2. The second-order valence-electron chi connectivity index (χ2n) is 9.71. The van der Waals surface area contributed by atoms with Crippen molar-refractivity contribution in [1.82, 2.24) is 15.1 Å². The molecular weight excluding hydrogens is 437 g/mol. The van der Waals surface area contributed by atoms with Crippen LogP contribution in [0.3, 0.4) is 0 Å². The van der Waals surface area contributed by atoms with Gasteiger partial charge in [0, 0.05) is 50.3 Å². The molecule has 0 aromatic heterocycles. The fourth-order valence-corrected chi connectivity index (χ4v) is 4.17. The first-order valence-electron chi connectivity index (χ1n) is 11.7. The van der Waals surface area contributed by atoms with Crippen LogP contribution in [0.25, 0.3) is 11.1 Å². The number of piperazine rings is 1. The number of amides is 2. The molecule has 2 aliphatic rings. The van der Waals surface area contributed by atoms with Crippen LogP contribution in [-0.4, -0.2) is 72.8 Å². The summed E-state index contributed by atoms with van der Waals surface area (Å²) < 4.78 is 25.3. The summed E-state index contributed by atoms with van der Waals surface area (Å²) >= 11 is 0. The third-order valence-electron chi connectivity index (χ3n) is 5.88. The van der Waals surface area contributed by atoms with Crippen LogP contribution < -0.4 is 10.1 Å². The van der Waals surface area contributed by atoms with Crippen LogP contribution in [0, 0.1) is 5.82 Å². The molecule has 4 rings (SSSR count). The summed E-state index contributed by atoms with van der Waals surface area (Å²) in [5.41, 5.74) is 1.49. The molecule has 0 unspecified atom stereocenters. The molecule has 2 aromatic carbocycles. The minimum Gasteiger partial charge on any atom is -0.488 e. The second-order valence-corrected chi connectivity index (χ2v) is 9.71. The molecular formula is C26H32FN3O4. The molecule has 34 heavy (non-hydrogen) atoms. The summed E-state index contributed by atoms with van der Waals surface area (Å²) in [5.74, 6) is 0.232. The van der Waals surface area contributed by atoms with Crippen molar-refractivity contribution in [3.05, 3.63) is 53.8 Å². The molecule has 2 saturated heterocycles. The van der Waals surface area contributed by atoms with Gasteiger partial charge in [0.2, 0.25) is 0 Å². The zero-order valence-electron chi connectivity index (χ0n) is 20.0. The highest BCUT2D eigenvalue weighted by atomic mass is 19.1. The van der Waals surface area contributed by atoms with E-state index < -0.39 is 5.60 Å². The molecule has 2 amide bonds. The Hall–Kier alpha value is -3.13. The van der Waals surface area contributed by atoms with Gasteiger partial charge in [-0.05, 0) is 56.7 Å². The number of hydrogen-bond acceptors (Lipinski definition) is 5. The topological polar surface area (TPSA) is 71.1 Å². The predicted molar refractivity (Wildman–Crippen MR) is 127 cm³/mol. The van der Waals surface area contributed by atoms with Crippen molar-refractivity contribution in [2.75, 3.05) is 39.3 Å². The largest absolute Gasteiger partial charge is 0.488 e. The molecule has 7 nitrogen and oxygen atoms in total. The van der Waals surface area contributed by atoms with Crippen LogP contribution in [0.2, 0.25) is 0 Å². The number of carbonyl (C=O) groups excluding carboxylic acids is 2. The van der Waals surface area contributed by atoms with Crippen molar-refractivity contribution in [3.63, 3.8) is 0 Å². The van der Waals surface area contributed by atoms with Gasteiger partial charge in [-0.1, -0.05) is 12.1 Å². The van der Waals surface area contributed by atoms with E-state index >= 15 is 0 Å². The highest BCUT2D eigenvalue weighted by Crippen LogP contribution is 2.33. The second kappa shape index (κ2) is 10.0. The Morgan fingerprint density at radius 1 is 1.00 bits per heavy atom. The molecule has 8 heteroatoms. The van der Waals surface area contributed by atoms with Gasteiger partial charge in [-0.3, -0.25) is 4.79 Å². The first-order valence-corrected chi connectivity index (χ1v) is 11.7. The van der Waals surface area contributed by atoms with Crippen molar-refractivity contribution in [3.8, 4) is 16.9 Å². The number of carbonyl (C=O) groups is 2. The van der Waals surface area contributed by atoms with E-state index in [0.717, 1.165) is 24.2 Å². The van der Waals surface area contributed by atoms with E-state index in [-0.39, 0.29) is 23.9 Å². The predicted octanol–water partition coefficient (Wildman–Crippen LogP) is 3.93. The monoisotopic (exact) mass is 469 g/mol. The Bertz CT molecular complexity index is 1030. The molecule has 1 N–H and O–H groups in total. The number of benzene rings is 2. The third-order valence-corrected chi connectivity index (χ3v) is 5.88. The quantitative estimate of drug-likeness (QED) is 0.735. The average Bonchev–Trinajstić information content (AvgIpc) is 3.28. The summed E-state index contributed by atoms with van der Waals surface area (Å²) in [7, 11) is 0. The number of hydrogen-bond donors (Lipinski definition) is 1.